The van der Waals surface area contributed by atoms with Gasteiger partial charge < -0.3 is 33.2 Å². The fourth-order valence-corrected chi connectivity index (χ4v) is 4.18. The van der Waals surface area contributed by atoms with E-state index < -0.39 is 30.2 Å². The van der Waals surface area contributed by atoms with E-state index in [2.05, 4.69) is 22.5 Å². The molecule has 3 rings (SSSR count). The summed E-state index contributed by atoms with van der Waals surface area (Å²) < 4.78 is 36.0. The lowest BCUT2D eigenvalue weighted by Crippen LogP contribution is -2.13. The molecule has 0 aliphatic carbocycles. The van der Waals surface area contributed by atoms with Gasteiger partial charge in [0.15, 0.2) is 0 Å². The Balaban J connectivity index is 1.44. The molecule has 0 saturated heterocycles. The number of halogens is 1. The van der Waals surface area contributed by atoms with Crippen LogP contribution in [0.3, 0.4) is 0 Å². The van der Waals surface area contributed by atoms with Gasteiger partial charge in [-0.05, 0) is 102 Å². The summed E-state index contributed by atoms with van der Waals surface area (Å²) in [6.07, 6.45) is 3.02. The number of carbonyl (C=O) groups excluding carboxylic acids is 5. The van der Waals surface area contributed by atoms with Crippen LogP contribution in [0.5, 0.6) is 23.0 Å². The molecule has 0 aromatic heterocycles. The molecule has 0 radical (unpaired) electrons. The van der Waals surface area contributed by atoms with Crippen molar-refractivity contribution in [1.82, 2.24) is 0 Å². The van der Waals surface area contributed by atoms with Crippen LogP contribution in [-0.2, 0) is 19.0 Å². The summed E-state index contributed by atoms with van der Waals surface area (Å²) in [6.45, 7) is 5.88. The van der Waals surface area contributed by atoms with Gasteiger partial charge in [0.25, 0.3) is 0 Å². The second-order valence-corrected chi connectivity index (χ2v) is 10.5. The van der Waals surface area contributed by atoms with Gasteiger partial charge in [-0.1, -0.05) is 26.3 Å². The Morgan fingerprint density at radius 3 is 1.53 bits per heavy atom. The predicted octanol–water partition coefficient (Wildman–Crippen LogP) is 7.62. The second kappa shape index (κ2) is 19.4. The molecule has 0 bridgehead atoms. The molecule has 0 heterocycles. The number of ether oxygens (including phenoxy) is 7. The zero-order chi connectivity index (χ0) is 34.0. The Bertz CT molecular complexity index is 1530. The maximum atomic E-state index is 12.8. The number of benzene rings is 3. The molecule has 0 amide bonds. The van der Waals surface area contributed by atoms with Crippen LogP contribution in [0.4, 0.5) is 9.59 Å². The quantitative estimate of drug-likeness (QED) is 0.0359. The number of unbranched alkanes of at least 4 members (excludes halogenated alkanes) is 3. The molecule has 3 aromatic rings. The molecule has 0 atom stereocenters. The van der Waals surface area contributed by atoms with Crippen LogP contribution in [0.15, 0.2) is 83.9 Å². The van der Waals surface area contributed by atoms with Gasteiger partial charge in [0.05, 0.1) is 30.9 Å². The summed E-state index contributed by atoms with van der Waals surface area (Å²) in [5, 5.41) is 0. The maximum Gasteiger partial charge on any atom is 0.513 e. The van der Waals surface area contributed by atoms with E-state index in [-0.39, 0.29) is 53.9 Å². The third-order valence-electron chi connectivity index (χ3n) is 6.03. The number of hydrogen-bond donors (Lipinski definition) is 0. The molecule has 0 fully saturated rings. The largest absolute Gasteiger partial charge is 0.513 e. The van der Waals surface area contributed by atoms with Gasteiger partial charge in [-0.2, -0.15) is 0 Å². The van der Waals surface area contributed by atoms with Gasteiger partial charge in [-0.25, -0.2) is 24.0 Å². The molecule has 0 aliphatic heterocycles. The van der Waals surface area contributed by atoms with Crippen LogP contribution in [-0.4, -0.2) is 50.0 Å². The van der Waals surface area contributed by atoms with Gasteiger partial charge >= 0.3 is 30.2 Å². The monoisotopic (exact) mass is 712 g/mol. The second-order valence-electron chi connectivity index (χ2n) is 9.60. The first-order valence-corrected chi connectivity index (χ1v) is 15.4. The van der Waals surface area contributed by atoms with Crippen LogP contribution in [0.2, 0.25) is 0 Å². The molecule has 0 unspecified atom stereocenters. The van der Waals surface area contributed by atoms with Gasteiger partial charge in [-0.15, -0.1) is 0 Å². The van der Waals surface area contributed by atoms with Crippen molar-refractivity contribution in [2.24, 2.45) is 0 Å². The number of rotatable bonds is 16. The zero-order valence-corrected chi connectivity index (χ0v) is 27.2. The fourth-order valence-electron chi connectivity index (χ4n) is 3.64. The Labute approximate surface area is 279 Å². The minimum atomic E-state index is -0.915. The van der Waals surface area contributed by atoms with Gasteiger partial charge in [0.1, 0.15) is 23.0 Å². The number of esters is 3. The number of carbonyl (C=O) groups is 5. The van der Waals surface area contributed by atoms with Crippen molar-refractivity contribution in [2.45, 2.75) is 39.0 Å². The molecule has 0 spiro atoms. The normalized spacial score (nSPS) is 10.3. The van der Waals surface area contributed by atoms with Crippen LogP contribution in [0, 0.1) is 0 Å². The van der Waals surface area contributed by atoms with Crippen molar-refractivity contribution < 1.29 is 57.1 Å². The lowest BCUT2D eigenvalue weighted by atomic mass is 10.1. The van der Waals surface area contributed by atoms with Crippen molar-refractivity contribution in [3.8, 4) is 23.0 Å². The minimum absolute atomic E-state index is 0.0762. The van der Waals surface area contributed by atoms with Gasteiger partial charge in [-0.3, -0.25) is 0 Å². The fraction of sp³-hybridized carbons (Fsp3) is 0.265. The molecular formula is C34H33BrO12. The highest BCUT2D eigenvalue weighted by Gasteiger charge is 2.17. The lowest BCUT2D eigenvalue weighted by molar-refractivity contribution is -0.137. The third-order valence-corrected chi connectivity index (χ3v) is 6.69. The van der Waals surface area contributed by atoms with E-state index in [4.69, 9.17) is 33.2 Å². The zero-order valence-electron chi connectivity index (χ0n) is 25.6. The highest BCUT2D eigenvalue weighted by atomic mass is 79.9. The Kier molecular flexibility index (Phi) is 15.0. The van der Waals surface area contributed by atoms with Crippen molar-refractivity contribution >= 4 is 46.1 Å². The van der Waals surface area contributed by atoms with E-state index in [0.717, 1.165) is 25.3 Å². The molecule has 0 saturated carbocycles. The van der Waals surface area contributed by atoms with Gasteiger partial charge in [0.2, 0.25) is 0 Å². The first-order valence-electron chi connectivity index (χ1n) is 14.6. The summed E-state index contributed by atoms with van der Waals surface area (Å²) in [5.74, 6) is -1.12. The van der Waals surface area contributed by atoms with Crippen molar-refractivity contribution in [3.05, 3.63) is 95.0 Å². The van der Waals surface area contributed by atoms with Crippen molar-refractivity contribution in [1.29, 1.82) is 0 Å². The summed E-state index contributed by atoms with van der Waals surface area (Å²) in [7, 11) is 0. The predicted molar refractivity (Wildman–Crippen MR) is 171 cm³/mol. The van der Waals surface area contributed by atoms with E-state index in [1.165, 1.54) is 66.7 Å². The average Bonchev–Trinajstić information content (AvgIpc) is 3.06. The number of hydrogen-bond acceptors (Lipinski definition) is 12. The maximum absolute atomic E-state index is 12.8. The summed E-state index contributed by atoms with van der Waals surface area (Å²) in [6, 6.07) is 15.8. The van der Waals surface area contributed by atoms with E-state index in [0.29, 0.717) is 17.3 Å². The van der Waals surface area contributed by atoms with Crippen molar-refractivity contribution in [3.63, 3.8) is 0 Å². The molecule has 47 heavy (non-hydrogen) atoms. The topological polar surface area (TPSA) is 150 Å². The summed E-state index contributed by atoms with van der Waals surface area (Å²) in [4.78, 5) is 60.0. The van der Waals surface area contributed by atoms with Crippen LogP contribution >= 0.6 is 15.9 Å². The Morgan fingerprint density at radius 1 is 0.617 bits per heavy atom. The van der Waals surface area contributed by atoms with Crippen molar-refractivity contribution in [2.75, 3.05) is 19.8 Å². The highest BCUT2D eigenvalue weighted by molar-refractivity contribution is 9.10. The third kappa shape index (κ3) is 13.0. The van der Waals surface area contributed by atoms with Crippen LogP contribution < -0.4 is 18.9 Å². The van der Waals surface area contributed by atoms with E-state index in [9.17, 15) is 24.0 Å². The molecule has 248 valence electrons. The van der Waals surface area contributed by atoms with E-state index in [1.54, 1.807) is 0 Å². The standard InChI is InChI=1S/C34H33BrO12/c1-3-5-6-20-42-33(39)46-26-14-10-24(11-15-26)44-31(37)23-9-18-28(29(35)22-23)32(38)45-25-12-16-27(17-13-25)47-34(40)43-21-8-7-19-41-30(36)4-2/h4,9-18,22H,2-3,5-8,19-21H2,1H3. The molecule has 3 aromatic carbocycles. The Morgan fingerprint density at radius 2 is 1.06 bits per heavy atom. The molecule has 13 heteroatoms. The first kappa shape index (κ1) is 36.3. The first-order chi connectivity index (χ1) is 22.7. The summed E-state index contributed by atoms with van der Waals surface area (Å²) >= 11 is 3.29. The van der Waals surface area contributed by atoms with E-state index in [1.807, 2.05) is 6.92 Å². The highest BCUT2D eigenvalue weighted by Crippen LogP contribution is 2.25. The summed E-state index contributed by atoms with van der Waals surface area (Å²) in [5.41, 5.74) is 0.307. The van der Waals surface area contributed by atoms with Crippen LogP contribution in [0.1, 0.15) is 59.7 Å². The molecular weight excluding hydrogens is 680 g/mol. The SMILES string of the molecule is C=CC(=O)OCCCCOC(=O)Oc1ccc(OC(=O)c2ccc(C(=O)Oc3ccc(OC(=O)OCCCCC)cc3)cc2Br)cc1. The van der Waals surface area contributed by atoms with E-state index >= 15 is 0 Å². The average molecular weight is 714 g/mol. The molecule has 12 nitrogen and oxygen atoms in total. The minimum Gasteiger partial charge on any atom is -0.463 e. The van der Waals surface area contributed by atoms with Crippen LogP contribution in [0.25, 0.3) is 0 Å². The Hall–Kier alpha value is -5.17. The van der Waals surface area contributed by atoms with Gasteiger partial charge in [0, 0.05) is 10.5 Å². The molecule has 0 aliphatic rings. The smallest absolute Gasteiger partial charge is 0.463 e. The molecule has 0 N–H and O–H groups in total. The lowest BCUT2D eigenvalue weighted by Gasteiger charge is -2.10.